The van der Waals surface area contributed by atoms with Gasteiger partial charge in [0.15, 0.2) is 17.3 Å². The summed E-state index contributed by atoms with van der Waals surface area (Å²) in [6.45, 7) is 4.67. The molecule has 202 valence electrons. The van der Waals surface area contributed by atoms with Crippen LogP contribution in [0.1, 0.15) is 29.9 Å². The molecule has 6 rings (SSSR count). The molecular formula is C28H22F4N8. The van der Waals surface area contributed by atoms with E-state index in [2.05, 4.69) is 25.1 Å². The lowest BCUT2D eigenvalue weighted by molar-refractivity contribution is -0.0217. The topological polar surface area (TPSA) is 78.7 Å². The van der Waals surface area contributed by atoms with Crippen molar-refractivity contribution in [1.29, 1.82) is 0 Å². The van der Waals surface area contributed by atoms with Gasteiger partial charge < -0.3 is 0 Å². The van der Waals surface area contributed by atoms with Crippen molar-refractivity contribution in [2.45, 2.75) is 32.7 Å². The normalized spacial score (nSPS) is 12.8. The van der Waals surface area contributed by atoms with Crippen molar-refractivity contribution in [3.63, 3.8) is 0 Å². The minimum absolute atomic E-state index is 0.00836. The van der Waals surface area contributed by atoms with E-state index in [1.54, 1.807) is 22.8 Å². The van der Waals surface area contributed by atoms with Gasteiger partial charge in [0.2, 0.25) is 0 Å². The van der Waals surface area contributed by atoms with E-state index in [9.17, 15) is 17.6 Å². The summed E-state index contributed by atoms with van der Waals surface area (Å²) >= 11 is 0. The molecule has 0 spiro atoms. The Kier molecular flexibility index (Phi) is 5.97. The lowest BCUT2D eigenvalue weighted by Gasteiger charge is -2.24. The Balaban J connectivity index is 1.36. The Labute approximate surface area is 225 Å². The lowest BCUT2D eigenvalue weighted by atomic mass is 10.0. The van der Waals surface area contributed by atoms with Gasteiger partial charge in [-0.1, -0.05) is 12.1 Å². The Morgan fingerprint density at radius 1 is 0.875 bits per heavy atom. The highest BCUT2D eigenvalue weighted by Crippen LogP contribution is 2.35. The van der Waals surface area contributed by atoms with Crippen LogP contribution in [0.2, 0.25) is 0 Å². The molecule has 0 aliphatic carbocycles. The molecule has 8 nitrogen and oxygen atoms in total. The predicted octanol–water partition coefficient (Wildman–Crippen LogP) is 5.98. The van der Waals surface area contributed by atoms with Gasteiger partial charge in [-0.15, -0.1) is 5.10 Å². The van der Waals surface area contributed by atoms with Gasteiger partial charge in [0.25, 0.3) is 11.9 Å². The summed E-state index contributed by atoms with van der Waals surface area (Å²) in [7, 11) is 0. The van der Waals surface area contributed by atoms with Crippen molar-refractivity contribution in [2.24, 2.45) is 0 Å². The molecule has 0 amide bonds. The number of alkyl halides is 2. The molecule has 5 heterocycles. The third-order valence-electron chi connectivity index (χ3n) is 6.61. The van der Waals surface area contributed by atoms with E-state index < -0.39 is 23.6 Å². The molecule has 0 radical (unpaired) electrons. The average Bonchev–Trinajstić information content (AvgIpc) is 3.63. The molecule has 0 bridgehead atoms. The van der Waals surface area contributed by atoms with Crippen LogP contribution >= 0.6 is 0 Å². The van der Waals surface area contributed by atoms with E-state index in [0.29, 0.717) is 22.7 Å². The van der Waals surface area contributed by atoms with Crippen molar-refractivity contribution in [1.82, 2.24) is 38.9 Å². The van der Waals surface area contributed by atoms with Crippen LogP contribution in [0.5, 0.6) is 0 Å². The van der Waals surface area contributed by atoms with E-state index in [1.807, 2.05) is 30.5 Å². The van der Waals surface area contributed by atoms with Gasteiger partial charge in [-0.2, -0.15) is 10.1 Å². The molecule has 6 aromatic rings. The van der Waals surface area contributed by atoms with Gasteiger partial charge in [0.05, 0.1) is 18.0 Å². The number of halogens is 4. The van der Waals surface area contributed by atoms with Gasteiger partial charge >= 0.3 is 0 Å². The average molecular weight is 547 g/mol. The number of nitrogens with zero attached hydrogens (tertiary/aromatic N) is 8. The maximum absolute atomic E-state index is 14.9. The third kappa shape index (κ3) is 4.51. The first-order valence-corrected chi connectivity index (χ1v) is 12.3. The maximum atomic E-state index is 14.9. The molecule has 0 fully saturated rings. The molecule has 0 aliphatic rings. The Morgan fingerprint density at radius 2 is 1.60 bits per heavy atom. The molecule has 5 aromatic heterocycles. The Bertz CT molecular complexity index is 1830. The zero-order valence-electron chi connectivity index (χ0n) is 21.6. The summed E-state index contributed by atoms with van der Waals surface area (Å²) in [4.78, 5) is 13.0. The van der Waals surface area contributed by atoms with Crippen molar-refractivity contribution in [2.75, 3.05) is 0 Å². The summed E-state index contributed by atoms with van der Waals surface area (Å²) in [5, 5.41) is 8.63. The van der Waals surface area contributed by atoms with E-state index in [-0.39, 0.29) is 17.1 Å². The first kappa shape index (κ1) is 25.4. The number of fused-ring (bicyclic) bond motifs is 1. The van der Waals surface area contributed by atoms with Crippen LogP contribution in [-0.2, 0) is 0 Å². The number of aryl methyl sites for hydroxylation is 2. The summed E-state index contributed by atoms with van der Waals surface area (Å²) in [6, 6.07) is 10.6. The number of rotatable bonds is 6. The second-order valence-electron chi connectivity index (χ2n) is 9.59. The standard InChI is InChI=1S/C28H22F4N8/c1-16-4-5-17(2)40(16)27-35-23-12-19(10-11-38(23)37-27)24-22(30)14-33-26(36-24)20-13-34-39(15-20)25(28(3,31)32)18-6-8-21(29)9-7-18/h4-15,25H,1-3H3/t25-/m1/s1. The first-order valence-electron chi connectivity index (χ1n) is 12.3. The van der Waals surface area contributed by atoms with E-state index in [0.717, 1.165) is 41.3 Å². The largest absolute Gasteiger partial charge is 0.286 e. The van der Waals surface area contributed by atoms with Crippen LogP contribution in [0, 0.1) is 25.5 Å². The fourth-order valence-corrected chi connectivity index (χ4v) is 4.72. The highest BCUT2D eigenvalue weighted by atomic mass is 19.3. The molecule has 0 saturated heterocycles. The third-order valence-corrected chi connectivity index (χ3v) is 6.61. The van der Waals surface area contributed by atoms with Crippen LogP contribution in [0.3, 0.4) is 0 Å². The molecule has 1 aromatic carbocycles. The number of hydrogen-bond acceptors (Lipinski definition) is 5. The van der Waals surface area contributed by atoms with Crippen LogP contribution in [0.15, 0.2) is 73.3 Å². The Hall–Kier alpha value is -4.87. The monoisotopic (exact) mass is 546 g/mol. The smallest absolute Gasteiger partial charge is 0.271 e. The van der Waals surface area contributed by atoms with Gasteiger partial charge in [-0.05, 0) is 55.8 Å². The summed E-state index contributed by atoms with van der Waals surface area (Å²) in [5.41, 5.74) is 3.36. The van der Waals surface area contributed by atoms with E-state index in [1.165, 1.54) is 24.5 Å². The van der Waals surface area contributed by atoms with Gasteiger partial charge in [-0.3, -0.25) is 9.25 Å². The number of pyridine rings is 1. The van der Waals surface area contributed by atoms with Gasteiger partial charge in [0, 0.05) is 36.3 Å². The van der Waals surface area contributed by atoms with Gasteiger partial charge in [0.1, 0.15) is 17.6 Å². The quantitative estimate of drug-likeness (QED) is 0.240. The van der Waals surface area contributed by atoms with Crippen molar-refractivity contribution in [3.8, 4) is 28.6 Å². The molecule has 0 aliphatic heterocycles. The number of hydrogen-bond donors (Lipinski definition) is 0. The highest BCUT2D eigenvalue weighted by molar-refractivity contribution is 5.67. The fraction of sp³-hybridized carbons (Fsp3) is 0.179. The SMILES string of the molecule is Cc1ccc(C)n1-c1nc2cc(-c3nc(-c4cnn([C@H](c5ccc(F)cc5)C(C)(F)F)c4)ncc3F)ccn2n1. The van der Waals surface area contributed by atoms with Gasteiger partial charge in [-0.25, -0.2) is 32.0 Å². The number of benzene rings is 1. The lowest BCUT2D eigenvalue weighted by Crippen LogP contribution is -2.29. The minimum atomic E-state index is -3.22. The molecule has 0 N–H and O–H groups in total. The molecule has 1 atom stereocenters. The summed E-state index contributed by atoms with van der Waals surface area (Å²) in [6.07, 6.45) is 5.37. The maximum Gasteiger partial charge on any atom is 0.271 e. The fourth-order valence-electron chi connectivity index (χ4n) is 4.72. The van der Waals surface area contributed by atoms with E-state index in [4.69, 9.17) is 0 Å². The second kappa shape index (κ2) is 9.40. The minimum Gasteiger partial charge on any atom is -0.286 e. The molecular weight excluding hydrogens is 524 g/mol. The zero-order chi connectivity index (χ0) is 28.2. The molecule has 12 heteroatoms. The Morgan fingerprint density at radius 3 is 2.30 bits per heavy atom. The predicted molar refractivity (Wildman–Crippen MR) is 139 cm³/mol. The second-order valence-corrected chi connectivity index (χ2v) is 9.59. The first-order chi connectivity index (χ1) is 19.1. The van der Waals surface area contributed by atoms with Crippen LogP contribution < -0.4 is 0 Å². The highest BCUT2D eigenvalue weighted by Gasteiger charge is 2.38. The number of aromatic nitrogens is 8. The van der Waals surface area contributed by atoms with Crippen LogP contribution in [0.25, 0.3) is 34.2 Å². The van der Waals surface area contributed by atoms with E-state index >= 15 is 0 Å². The zero-order valence-corrected chi connectivity index (χ0v) is 21.6. The van der Waals surface area contributed by atoms with Crippen molar-refractivity contribution in [3.05, 3.63) is 102 Å². The van der Waals surface area contributed by atoms with Crippen molar-refractivity contribution < 1.29 is 17.6 Å². The van der Waals surface area contributed by atoms with Crippen LogP contribution in [-0.4, -0.2) is 44.8 Å². The molecule has 40 heavy (non-hydrogen) atoms. The summed E-state index contributed by atoms with van der Waals surface area (Å²) in [5.74, 6) is -3.84. The molecule has 0 saturated carbocycles. The summed E-state index contributed by atoms with van der Waals surface area (Å²) < 4.78 is 62.1. The molecule has 0 unspecified atom stereocenters. The van der Waals surface area contributed by atoms with Crippen molar-refractivity contribution >= 4 is 5.65 Å². The van der Waals surface area contributed by atoms with Crippen LogP contribution in [0.4, 0.5) is 17.6 Å².